The van der Waals surface area contributed by atoms with E-state index in [1.54, 1.807) is 79.0 Å². The zero-order valence-electron chi connectivity index (χ0n) is 30.4. The molecule has 2 amide bonds. The summed E-state index contributed by atoms with van der Waals surface area (Å²) in [6.07, 6.45) is 5.78. The first-order valence-electron chi connectivity index (χ1n) is 18.1. The number of nitrogens with two attached hydrogens (primary N) is 1. The van der Waals surface area contributed by atoms with Crippen molar-refractivity contribution >= 4 is 55.8 Å². The Balaban J connectivity index is 0.832. The number of phenols is 1. The minimum absolute atomic E-state index is 0.0822. The second-order valence-corrected chi connectivity index (χ2v) is 15.2. The highest BCUT2D eigenvalue weighted by molar-refractivity contribution is 7.92. The Kier molecular flexibility index (Phi) is 13.1. The number of unbranched alkanes of at least 4 members (excludes halogenated alkanes) is 3. The van der Waals surface area contributed by atoms with E-state index in [4.69, 9.17) is 22.1 Å². The molecular weight excluding hydrogens is 754 g/mol. The van der Waals surface area contributed by atoms with Crippen LogP contribution in [-0.2, 0) is 27.8 Å². The van der Waals surface area contributed by atoms with E-state index in [1.165, 1.54) is 12.1 Å². The summed E-state index contributed by atoms with van der Waals surface area (Å²) < 4.78 is 34.5. The molecule has 290 valence electrons. The van der Waals surface area contributed by atoms with Crippen LogP contribution in [-0.4, -0.2) is 53.7 Å². The normalized spacial score (nSPS) is 11.3. The van der Waals surface area contributed by atoms with Crippen LogP contribution in [0.1, 0.15) is 53.6 Å². The Morgan fingerprint density at radius 2 is 1.61 bits per heavy atom. The molecule has 0 bridgehead atoms. The molecule has 0 fully saturated rings. The summed E-state index contributed by atoms with van der Waals surface area (Å²) in [5.74, 6) is 0.373. The van der Waals surface area contributed by atoms with Crippen LogP contribution in [0.15, 0.2) is 108 Å². The molecule has 0 saturated carbocycles. The van der Waals surface area contributed by atoms with Gasteiger partial charge in [-0.1, -0.05) is 73.0 Å². The number of hydrogen-bond acceptors (Lipinski definition) is 9. The molecule has 2 heterocycles. The molecule has 0 radical (unpaired) electrons. The van der Waals surface area contributed by atoms with Crippen LogP contribution >= 0.6 is 11.6 Å². The second kappa shape index (κ2) is 18.5. The molecule has 0 saturated heterocycles. The number of para-hydroxylation sites is 2. The maximum absolute atomic E-state index is 13.0. The van der Waals surface area contributed by atoms with Crippen molar-refractivity contribution in [2.24, 2.45) is 0 Å². The van der Waals surface area contributed by atoms with Crippen LogP contribution in [0.4, 0.5) is 11.5 Å². The number of aromatic nitrogens is 3. The van der Waals surface area contributed by atoms with Gasteiger partial charge in [0.05, 0.1) is 27.7 Å². The predicted octanol–water partition coefficient (Wildman–Crippen LogP) is 6.99. The number of aromatic hydroxyl groups is 1. The first kappa shape index (κ1) is 39.6. The van der Waals surface area contributed by atoms with E-state index in [2.05, 4.69) is 30.5 Å². The van der Waals surface area contributed by atoms with E-state index >= 15 is 0 Å². The van der Waals surface area contributed by atoms with Gasteiger partial charge in [-0.05, 0) is 66.4 Å². The Hall–Kier alpha value is -6.12. The number of benzene rings is 4. The van der Waals surface area contributed by atoms with Gasteiger partial charge in [0, 0.05) is 54.7 Å². The monoisotopic (exact) mass is 795 g/mol. The van der Waals surface area contributed by atoms with E-state index in [0.717, 1.165) is 35.8 Å². The molecule has 6 aromatic rings. The molecule has 0 spiro atoms. The molecule has 0 aliphatic carbocycles. The van der Waals surface area contributed by atoms with Gasteiger partial charge in [-0.2, -0.15) is 0 Å². The fourth-order valence-electron chi connectivity index (χ4n) is 5.98. The van der Waals surface area contributed by atoms with Gasteiger partial charge in [-0.15, -0.1) is 10.2 Å². The van der Waals surface area contributed by atoms with Crippen molar-refractivity contribution in [1.29, 1.82) is 0 Å². The molecule has 0 aliphatic heterocycles. The number of fused-ring (bicyclic) bond motifs is 1. The number of aromatic amines is 1. The minimum Gasteiger partial charge on any atom is -0.507 e. The number of nitrogens with one attached hydrogen (secondary N) is 4. The summed E-state index contributed by atoms with van der Waals surface area (Å²) in [6, 6.07) is 27.3. The van der Waals surface area contributed by atoms with Crippen molar-refractivity contribution in [3.8, 4) is 22.8 Å². The zero-order valence-corrected chi connectivity index (χ0v) is 32.0. The maximum atomic E-state index is 13.0. The van der Waals surface area contributed by atoms with Gasteiger partial charge >= 0.3 is 0 Å². The lowest BCUT2D eigenvalue weighted by Gasteiger charge is -2.11. The van der Waals surface area contributed by atoms with Crippen LogP contribution in [0.25, 0.3) is 22.2 Å². The number of H-pyrrole nitrogens is 1. The average Bonchev–Trinajstić information content (AvgIpc) is 3.59. The van der Waals surface area contributed by atoms with Crippen molar-refractivity contribution < 1.29 is 27.9 Å². The summed E-state index contributed by atoms with van der Waals surface area (Å²) in [7, 11) is -3.84. The Labute approximate surface area is 329 Å². The predicted molar refractivity (Wildman–Crippen MR) is 217 cm³/mol. The van der Waals surface area contributed by atoms with Crippen molar-refractivity contribution in [1.82, 2.24) is 25.8 Å². The third kappa shape index (κ3) is 10.3. The van der Waals surface area contributed by atoms with Gasteiger partial charge in [0.25, 0.3) is 15.9 Å². The quantitative estimate of drug-likeness (QED) is 0.0496. The molecule has 0 unspecified atom stereocenters. The van der Waals surface area contributed by atoms with Crippen molar-refractivity contribution in [3.05, 3.63) is 125 Å². The summed E-state index contributed by atoms with van der Waals surface area (Å²) in [5.41, 5.74) is 10.2. The summed E-state index contributed by atoms with van der Waals surface area (Å²) >= 11 is 6.16. The van der Waals surface area contributed by atoms with E-state index in [9.17, 15) is 23.1 Å². The van der Waals surface area contributed by atoms with Crippen molar-refractivity contribution in [3.63, 3.8) is 0 Å². The number of sulfonamides is 1. The Morgan fingerprint density at radius 3 is 2.39 bits per heavy atom. The van der Waals surface area contributed by atoms with E-state index in [0.29, 0.717) is 71.2 Å². The summed E-state index contributed by atoms with van der Waals surface area (Å²) in [5, 5.41) is 25.2. The highest BCUT2D eigenvalue weighted by atomic mass is 35.5. The number of hydrogen-bond donors (Lipinski definition) is 6. The SMILES string of the molecule is Nc1nnc(-c2ccccc2O)cc1OCCc1ccc(C(=O)NCCCCCCC(=O)NCc2ccc(S(=O)(=O)Nc3cccc4c(Cl)c[nH]c34)cc2)cc1. The van der Waals surface area contributed by atoms with E-state index in [-0.39, 0.29) is 34.8 Å². The first-order valence-corrected chi connectivity index (χ1v) is 20.0. The Morgan fingerprint density at radius 1 is 0.857 bits per heavy atom. The average molecular weight is 796 g/mol. The van der Waals surface area contributed by atoms with Crippen LogP contribution in [0.2, 0.25) is 5.02 Å². The van der Waals surface area contributed by atoms with Crippen molar-refractivity contribution in [2.75, 3.05) is 23.6 Å². The molecule has 56 heavy (non-hydrogen) atoms. The number of anilines is 2. The number of amides is 2. The standard InChI is InChI=1S/C41H42ClN7O6S/c42-33-26-46-39-31(33)9-7-10-34(39)49-56(53,54)30-19-15-28(16-20-30)25-45-38(51)12-3-1-2-6-22-44-41(52)29-17-13-27(14-18-29)21-23-55-37-24-35(47-48-40(37)43)32-8-4-5-11-36(32)50/h4-5,7-11,13-20,24,26,46,49-50H,1-3,6,12,21-23,25H2,(H2,43,48)(H,44,52)(H,45,51). The summed E-state index contributed by atoms with van der Waals surface area (Å²) in [4.78, 5) is 28.2. The highest BCUT2D eigenvalue weighted by Gasteiger charge is 2.17. The first-order chi connectivity index (χ1) is 27.1. The second-order valence-electron chi connectivity index (χ2n) is 13.1. The number of nitrogens with zero attached hydrogens (tertiary/aromatic N) is 2. The fourth-order valence-corrected chi connectivity index (χ4v) is 7.26. The largest absolute Gasteiger partial charge is 0.507 e. The topological polar surface area (TPSA) is 201 Å². The fraction of sp³-hybridized carbons (Fsp3) is 0.220. The van der Waals surface area contributed by atoms with Gasteiger partial charge in [0.1, 0.15) is 11.4 Å². The number of carbonyl (C=O) groups is 2. The van der Waals surface area contributed by atoms with E-state index in [1.807, 2.05) is 12.1 Å². The number of nitrogen functional groups attached to an aromatic ring is 1. The van der Waals surface area contributed by atoms with Gasteiger partial charge in [0.2, 0.25) is 5.91 Å². The number of rotatable bonds is 18. The Bertz CT molecular complexity index is 2400. The summed E-state index contributed by atoms with van der Waals surface area (Å²) in [6.45, 7) is 1.14. The van der Waals surface area contributed by atoms with E-state index < -0.39 is 10.0 Å². The minimum atomic E-state index is -3.84. The van der Waals surface area contributed by atoms with Gasteiger partial charge in [0.15, 0.2) is 11.6 Å². The maximum Gasteiger partial charge on any atom is 0.261 e. The third-order valence-electron chi connectivity index (χ3n) is 9.08. The molecule has 15 heteroatoms. The van der Waals surface area contributed by atoms with Gasteiger partial charge in [-0.25, -0.2) is 8.42 Å². The number of phenolic OH excluding ortho intramolecular Hbond substituents is 1. The van der Waals surface area contributed by atoms with Gasteiger partial charge in [-0.3, -0.25) is 14.3 Å². The lowest BCUT2D eigenvalue weighted by Crippen LogP contribution is -2.24. The lowest BCUT2D eigenvalue weighted by molar-refractivity contribution is -0.121. The molecule has 2 aromatic heterocycles. The molecule has 7 N–H and O–H groups in total. The molecule has 4 aromatic carbocycles. The zero-order chi connectivity index (χ0) is 39.5. The molecule has 13 nitrogen and oxygen atoms in total. The molecule has 0 atom stereocenters. The van der Waals surface area contributed by atoms with Gasteiger partial charge < -0.3 is 31.2 Å². The molecule has 6 rings (SSSR count). The number of carbonyl (C=O) groups excluding carboxylic acids is 2. The van der Waals surface area contributed by atoms with Crippen LogP contribution in [0.5, 0.6) is 11.5 Å². The van der Waals surface area contributed by atoms with Crippen molar-refractivity contribution in [2.45, 2.75) is 50.0 Å². The number of halogens is 1. The van der Waals surface area contributed by atoms with Crippen LogP contribution < -0.4 is 25.8 Å². The lowest BCUT2D eigenvalue weighted by atomic mass is 10.1. The number of ether oxygens (including phenoxy) is 1. The molecular formula is C41H42ClN7O6S. The van der Waals surface area contributed by atoms with Crippen LogP contribution in [0.3, 0.4) is 0 Å². The third-order valence-corrected chi connectivity index (χ3v) is 10.8. The van der Waals surface area contributed by atoms with Crippen LogP contribution in [0, 0.1) is 0 Å². The smallest absolute Gasteiger partial charge is 0.261 e. The highest BCUT2D eigenvalue weighted by Crippen LogP contribution is 2.31. The molecule has 0 aliphatic rings.